The number of rotatable bonds is 5. The predicted octanol–water partition coefficient (Wildman–Crippen LogP) is 3.25. The summed E-state index contributed by atoms with van der Waals surface area (Å²) in [5.74, 6) is 1.53. The molecule has 1 aromatic rings. The lowest BCUT2D eigenvalue weighted by Crippen LogP contribution is -2.38. The first kappa shape index (κ1) is 21.7. The highest BCUT2D eigenvalue weighted by atomic mass is 127. The second kappa shape index (κ2) is 11.3. The third kappa shape index (κ3) is 7.22. The number of piperidine rings is 1. The van der Waals surface area contributed by atoms with Crippen LogP contribution in [0.5, 0.6) is 0 Å². The number of carbonyl (C=O) groups excluding carboxylic acids is 1. The molecule has 2 N–H and O–H groups in total. The minimum absolute atomic E-state index is 0. The highest BCUT2D eigenvalue weighted by molar-refractivity contribution is 14.0. The van der Waals surface area contributed by atoms with E-state index in [9.17, 15) is 4.79 Å². The zero-order chi connectivity index (χ0) is 17.4. The van der Waals surface area contributed by atoms with Gasteiger partial charge in [-0.2, -0.15) is 0 Å². The van der Waals surface area contributed by atoms with Gasteiger partial charge in [-0.25, -0.2) is 0 Å². The van der Waals surface area contributed by atoms with Crippen molar-refractivity contribution in [1.82, 2.24) is 15.5 Å². The Balaban J connectivity index is 0.00000312. The van der Waals surface area contributed by atoms with Crippen molar-refractivity contribution in [3.05, 3.63) is 35.4 Å². The molecule has 0 bridgehead atoms. The molecule has 0 spiro atoms. The van der Waals surface area contributed by atoms with E-state index in [1.54, 1.807) is 7.05 Å². The second-order valence-electron chi connectivity index (χ2n) is 6.75. The van der Waals surface area contributed by atoms with E-state index in [0.29, 0.717) is 12.5 Å². The number of guanidine groups is 1. The fourth-order valence-corrected chi connectivity index (χ4v) is 2.75. The van der Waals surface area contributed by atoms with Crippen LogP contribution in [0.25, 0.3) is 0 Å². The average Bonchev–Trinajstić information content (AvgIpc) is 2.62. The van der Waals surface area contributed by atoms with E-state index < -0.39 is 0 Å². The highest BCUT2D eigenvalue weighted by Crippen LogP contribution is 2.13. The zero-order valence-corrected chi connectivity index (χ0v) is 17.9. The van der Waals surface area contributed by atoms with Gasteiger partial charge in [0.05, 0.1) is 0 Å². The number of likely N-dealkylation sites (tertiary alicyclic amines) is 1. The molecular weight excluding hydrogens is 427 g/mol. The van der Waals surface area contributed by atoms with E-state index in [4.69, 9.17) is 0 Å². The van der Waals surface area contributed by atoms with Crippen molar-refractivity contribution in [3.8, 4) is 0 Å². The van der Waals surface area contributed by atoms with Crippen molar-refractivity contribution < 1.29 is 4.79 Å². The van der Waals surface area contributed by atoms with E-state index in [-0.39, 0.29) is 29.9 Å². The number of hydrogen-bond donors (Lipinski definition) is 2. The van der Waals surface area contributed by atoms with Crippen LogP contribution in [0, 0.1) is 5.92 Å². The third-order valence-electron chi connectivity index (χ3n) is 4.21. The van der Waals surface area contributed by atoms with Gasteiger partial charge in [0.25, 0.3) is 5.91 Å². The lowest BCUT2D eigenvalue weighted by Gasteiger charge is -2.26. The molecule has 0 aliphatic carbocycles. The number of amides is 1. The topological polar surface area (TPSA) is 56.7 Å². The summed E-state index contributed by atoms with van der Waals surface area (Å²) >= 11 is 0. The number of nitrogens with one attached hydrogen (secondary N) is 2. The van der Waals surface area contributed by atoms with Crippen LogP contribution in [0.1, 0.15) is 49.0 Å². The van der Waals surface area contributed by atoms with E-state index in [2.05, 4.69) is 29.5 Å². The van der Waals surface area contributed by atoms with Crippen molar-refractivity contribution in [2.24, 2.45) is 10.9 Å². The molecule has 25 heavy (non-hydrogen) atoms. The van der Waals surface area contributed by atoms with Gasteiger partial charge in [0.15, 0.2) is 5.96 Å². The molecule has 0 aromatic heterocycles. The number of aliphatic imine (C=N–C) groups is 1. The molecule has 1 aliphatic rings. The summed E-state index contributed by atoms with van der Waals surface area (Å²) in [6.07, 6.45) is 3.48. The predicted molar refractivity (Wildman–Crippen MR) is 115 cm³/mol. The fourth-order valence-electron chi connectivity index (χ4n) is 2.75. The van der Waals surface area contributed by atoms with Crippen LogP contribution in [0.4, 0.5) is 0 Å². The standard InChI is InChI=1S/C19H30N4O.HI/c1-15(2)13-21-19(20-3)22-14-16-7-9-17(10-8-16)18(24)23-11-5-4-6-12-23;/h7-10,15H,4-6,11-14H2,1-3H3,(H2,20,21,22);1H. The Labute approximate surface area is 168 Å². The van der Waals surface area contributed by atoms with Crippen LogP contribution >= 0.6 is 24.0 Å². The monoisotopic (exact) mass is 458 g/mol. The average molecular weight is 458 g/mol. The minimum atomic E-state index is 0. The van der Waals surface area contributed by atoms with E-state index >= 15 is 0 Å². The van der Waals surface area contributed by atoms with Crippen molar-refractivity contribution in [2.75, 3.05) is 26.7 Å². The summed E-state index contributed by atoms with van der Waals surface area (Å²) in [6.45, 7) is 7.69. The Morgan fingerprint density at radius 1 is 1.12 bits per heavy atom. The lowest BCUT2D eigenvalue weighted by atomic mass is 10.1. The van der Waals surface area contributed by atoms with Crippen molar-refractivity contribution in [3.63, 3.8) is 0 Å². The largest absolute Gasteiger partial charge is 0.356 e. The quantitative estimate of drug-likeness (QED) is 0.405. The van der Waals surface area contributed by atoms with Gasteiger partial charge in [-0.15, -0.1) is 24.0 Å². The SMILES string of the molecule is CN=C(NCc1ccc(C(=O)N2CCCCC2)cc1)NCC(C)C.I. The molecule has 0 saturated carbocycles. The molecule has 140 valence electrons. The molecule has 1 aliphatic heterocycles. The van der Waals surface area contributed by atoms with Crippen LogP contribution in [-0.2, 0) is 6.54 Å². The molecule has 6 heteroatoms. The molecule has 0 unspecified atom stereocenters. The van der Waals surface area contributed by atoms with Crippen LogP contribution < -0.4 is 10.6 Å². The molecule has 1 saturated heterocycles. The fraction of sp³-hybridized carbons (Fsp3) is 0.579. The molecule has 1 heterocycles. The van der Waals surface area contributed by atoms with Crippen LogP contribution in [0.2, 0.25) is 0 Å². The molecule has 5 nitrogen and oxygen atoms in total. The van der Waals surface area contributed by atoms with Crippen molar-refractivity contribution in [1.29, 1.82) is 0 Å². The number of halogens is 1. The van der Waals surface area contributed by atoms with Gasteiger partial charge in [0.2, 0.25) is 0 Å². The summed E-state index contributed by atoms with van der Waals surface area (Å²) in [5, 5.41) is 6.59. The molecule has 0 atom stereocenters. The minimum Gasteiger partial charge on any atom is -0.356 e. The Bertz CT molecular complexity index is 551. The molecular formula is C19H31IN4O. The summed E-state index contributed by atoms with van der Waals surface area (Å²) in [5.41, 5.74) is 1.92. The molecule has 1 amide bonds. The van der Waals surface area contributed by atoms with Gasteiger partial charge in [-0.1, -0.05) is 26.0 Å². The summed E-state index contributed by atoms with van der Waals surface area (Å²) in [6, 6.07) is 7.89. The Morgan fingerprint density at radius 2 is 1.76 bits per heavy atom. The van der Waals surface area contributed by atoms with Gasteiger partial charge in [0, 0.05) is 38.8 Å². The second-order valence-corrected chi connectivity index (χ2v) is 6.75. The Kier molecular flexibility index (Phi) is 9.85. The number of nitrogens with zero attached hydrogens (tertiary/aromatic N) is 2. The Hall–Kier alpha value is -1.31. The lowest BCUT2D eigenvalue weighted by molar-refractivity contribution is 0.0724. The number of benzene rings is 1. The molecule has 0 radical (unpaired) electrons. The van der Waals surface area contributed by atoms with Gasteiger partial charge in [-0.3, -0.25) is 9.79 Å². The first-order valence-corrected chi connectivity index (χ1v) is 8.93. The van der Waals surface area contributed by atoms with Gasteiger partial charge in [-0.05, 0) is 42.9 Å². The maximum Gasteiger partial charge on any atom is 0.253 e. The smallest absolute Gasteiger partial charge is 0.253 e. The maximum absolute atomic E-state index is 12.5. The van der Waals surface area contributed by atoms with E-state index in [0.717, 1.165) is 49.6 Å². The van der Waals surface area contributed by atoms with Gasteiger partial charge in [0.1, 0.15) is 0 Å². The zero-order valence-electron chi connectivity index (χ0n) is 15.5. The van der Waals surface area contributed by atoms with Crippen LogP contribution in [0.15, 0.2) is 29.3 Å². The number of carbonyl (C=O) groups is 1. The number of hydrogen-bond acceptors (Lipinski definition) is 2. The van der Waals surface area contributed by atoms with Crippen molar-refractivity contribution in [2.45, 2.75) is 39.7 Å². The normalized spacial score (nSPS) is 14.9. The Morgan fingerprint density at radius 3 is 2.32 bits per heavy atom. The van der Waals surface area contributed by atoms with E-state index in [1.165, 1.54) is 6.42 Å². The maximum atomic E-state index is 12.5. The molecule has 1 fully saturated rings. The van der Waals surface area contributed by atoms with Gasteiger partial charge >= 0.3 is 0 Å². The van der Waals surface area contributed by atoms with E-state index in [1.807, 2.05) is 29.2 Å². The summed E-state index contributed by atoms with van der Waals surface area (Å²) in [4.78, 5) is 18.6. The summed E-state index contributed by atoms with van der Waals surface area (Å²) < 4.78 is 0. The molecule has 1 aromatic carbocycles. The highest BCUT2D eigenvalue weighted by Gasteiger charge is 2.17. The summed E-state index contributed by atoms with van der Waals surface area (Å²) in [7, 11) is 1.77. The van der Waals surface area contributed by atoms with Crippen molar-refractivity contribution >= 4 is 35.8 Å². The third-order valence-corrected chi connectivity index (χ3v) is 4.21. The van der Waals surface area contributed by atoms with Gasteiger partial charge < -0.3 is 15.5 Å². The first-order chi connectivity index (χ1) is 11.6. The van der Waals surface area contributed by atoms with Crippen LogP contribution in [0.3, 0.4) is 0 Å². The van der Waals surface area contributed by atoms with Crippen LogP contribution in [-0.4, -0.2) is 43.4 Å². The first-order valence-electron chi connectivity index (χ1n) is 8.93. The molecule has 2 rings (SSSR count).